The number of carbonyl (C=O) groups is 2. The molecule has 2 rings (SSSR count). The molecule has 0 saturated heterocycles. The van der Waals surface area contributed by atoms with Crippen molar-refractivity contribution in [1.82, 2.24) is 10.2 Å². The Morgan fingerprint density at radius 1 is 0.971 bits per heavy atom. The maximum atomic E-state index is 13.3. The SMILES string of the molecule is Cc1cc(C)cc(N(CCCC(=O)N(Cc2ccccc2C)[C@@H](C)C(=O)NC(C)C)S(C)(=O)=O)c1. The van der Waals surface area contributed by atoms with Crippen molar-refractivity contribution >= 4 is 27.5 Å². The van der Waals surface area contributed by atoms with E-state index < -0.39 is 16.1 Å². The van der Waals surface area contributed by atoms with Crippen LogP contribution in [-0.2, 0) is 26.2 Å². The van der Waals surface area contributed by atoms with E-state index >= 15 is 0 Å². The Hall–Kier alpha value is -2.87. The summed E-state index contributed by atoms with van der Waals surface area (Å²) in [4.78, 5) is 27.7. The number of aryl methyl sites for hydroxylation is 3. The highest BCUT2D eigenvalue weighted by Gasteiger charge is 2.27. The molecule has 0 aliphatic rings. The average molecular weight is 502 g/mol. The van der Waals surface area contributed by atoms with Gasteiger partial charge in [0, 0.05) is 25.6 Å². The van der Waals surface area contributed by atoms with E-state index in [-0.39, 0.29) is 30.8 Å². The fourth-order valence-corrected chi connectivity index (χ4v) is 5.01. The molecule has 0 aliphatic carbocycles. The Morgan fingerprint density at radius 2 is 1.57 bits per heavy atom. The number of benzene rings is 2. The number of amides is 2. The van der Waals surface area contributed by atoms with Crippen LogP contribution in [0.4, 0.5) is 5.69 Å². The third-order valence-electron chi connectivity index (χ3n) is 5.85. The van der Waals surface area contributed by atoms with E-state index in [4.69, 9.17) is 0 Å². The van der Waals surface area contributed by atoms with Crippen molar-refractivity contribution in [3.8, 4) is 0 Å². The van der Waals surface area contributed by atoms with Crippen molar-refractivity contribution in [3.63, 3.8) is 0 Å². The summed E-state index contributed by atoms with van der Waals surface area (Å²) in [5.74, 6) is -0.400. The molecule has 0 unspecified atom stereocenters. The molecule has 2 amide bonds. The summed E-state index contributed by atoms with van der Waals surface area (Å²) < 4.78 is 26.4. The first-order valence-corrected chi connectivity index (χ1v) is 13.8. The van der Waals surface area contributed by atoms with Crippen LogP contribution in [-0.4, -0.2) is 50.0 Å². The molecule has 0 heterocycles. The zero-order valence-electron chi connectivity index (χ0n) is 22.0. The van der Waals surface area contributed by atoms with Crippen LogP contribution in [0.25, 0.3) is 0 Å². The van der Waals surface area contributed by atoms with Gasteiger partial charge in [0.25, 0.3) is 0 Å². The van der Waals surface area contributed by atoms with Crippen LogP contribution in [0.1, 0.15) is 55.9 Å². The van der Waals surface area contributed by atoms with Crippen LogP contribution in [0.3, 0.4) is 0 Å². The quantitative estimate of drug-likeness (QED) is 0.502. The lowest BCUT2D eigenvalue weighted by Gasteiger charge is -2.30. The second-order valence-corrected chi connectivity index (χ2v) is 11.5. The first kappa shape index (κ1) is 28.4. The van der Waals surface area contributed by atoms with Crippen LogP contribution in [0.2, 0.25) is 0 Å². The summed E-state index contributed by atoms with van der Waals surface area (Å²) in [6.45, 7) is 11.8. The van der Waals surface area contributed by atoms with Gasteiger partial charge in [-0.25, -0.2) is 8.42 Å². The third-order valence-corrected chi connectivity index (χ3v) is 7.04. The van der Waals surface area contributed by atoms with Gasteiger partial charge >= 0.3 is 0 Å². The summed E-state index contributed by atoms with van der Waals surface area (Å²) in [5, 5.41) is 2.88. The Morgan fingerprint density at radius 3 is 2.11 bits per heavy atom. The zero-order chi connectivity index (χ0) is 26.3. The minimum atomic E-state index is -3.52. The summed E-state index contributed by atoms with van der Waals surface area (Å²) in [6.07, 6.45) is 1.64. The fourth-order valence-electron chi connectivity index (χ4n) is 4.06. The molecule has 0 aromatic heterocycles. The van der Waals surface area contributed by atoms with Crippen LogP contribution in [0.15, 0.2) is 42.5 Å². The van der Waals surface area contributed by atoms with Gasteiger partial charge in [-0.1, -0.05) is 30.3 Å². The number of nitrogens with one attached hydrogen (secondary N) is 1. The molecular formula is C27H39N3O4S. The van der Waals surface area contributed by atoms with Crippen molar-refractivity contribution in [2.24, 2.45) is 0 Å². The van der Waals surface area contributed by atoms with E-state index in [1.54, 1.807) is 11.8 Å². The van der Waals surface area contributed by atoms with E-state index in [1.807, 2.05) is 77.1 Å². The molecule has 0 radical (unpaired) electrons. The van der Waals surface area contributed by atoms with E-state index in [1.165, 1.54) is 10.6 Å². The second kappa shape index (κ2) is 12.2. The summed E-state index contributed by atoms with van der Waals surface area (Å²) in [7, 11) is -3.52. The Labute approximate surface area is 210 Å². The smallest absolute Gasteiger partial charge is 0.242 e. The molecule has 0 bridgehead atoms. The third kappa shape index (κ3) is 8.38. The van der Waals surface area contributed by atoms with Crippen LogP contribution in [0.5, 0.6) is 0 Å². The number of hydrogen-bond donors (Lipinski definition) is 1. The van der Waals surface area contributed by atoms with Crippen molar-refractivity contribution in [3.05, 3.63) is 64.7 Å². The van der Waals surface area contributed by atoms with Crippen LogP contribution in [0, 0.1) is 20.8 Å². The lowest BCUT2D eigenvalue weighted by atomic mass is 10.1. The van der Waals surface area contributed by atoms with E-state index in [9.17, 15) is 18.0 Å². The van der Waals surface area contributed by atoms with Gasteiger partial charge in [-0.15, -0.1) is 0 Å². The molecule has 1 N–H and O–H groups in total. The highest BCUT2D eigenvalue weighted by Crippen LogP contribution is 2.22. The number of hydrogen-bond acceptors (Lipinski definition) is 4. The topological polar surface area (TPSA) is 86.8 Å². The van der Waals surface area contributed by atoms with E-state index in [2.05, 4.69) is 5.32 Å². The van der Waals surface area contributed by atoms with Gasteiger partial charge in [0.1, 0.15) is 6.04 Å². The monoisotopic (exact) mass is 501 g/mol. The predicted octanol–water partition coefficient (Wildman–Crippen LogP) is 4.10. The molecule has 7 nitrogen and oxygen atoms in total. The van der Waals surface area contributed by atoms with Crippen molar-refractivity contribution in [2.75, 3.05) is 17.1 Å². The van der Waals surface area contributed by atoms with E-state index in [0.717, 1.165) is 22.3 Å². The largest absolute Gasteiger partial charge is 0.352 e. The van der Waals surface area contributed by atoms with Gasteiger partial charge in [-0.3, -0.25) is 13.9 Å². The summed E-state index contributed by atoms with van der Waals surface area (Å²) in [6, 6.07) is 12.7. The maximum Gasteiger partial charge on any atom is 0.242 e. The number of anilines is 1. The maximum absolute atomic E-state index is 13.3. The molecule has 2 aromatic carbocycles. The molecule has 0 saturated carbocycles. The lowest BCUT2D eigenvalue weighted by molar-refractivity contribution is -0.140. The molecule has 0 fully saturated rings. The van der Waals surface area contributed by atoms with Gasteiger partial charge in [0.05, 0.1) is 11.9 Å². The molecular weight excluding hydrogens is 462 g/mol. The van der Waals surface area contributed by atoms with Crippen LogP contribution >= 0.6 is 0 Å². The van der Waals surface area contributed by atoms with Crippen molar-refractivity contribution < 1.29 is 18.0 Å². The fraction of sp³-hybridized carbons (Fsp3) is 0.481. The Balaban J connectivity index is 2.21. The first-order valence-electron chi connectivity index (χ1n) is 12.0. The highest BCUT2D eigenvalue weighted by atomic mass is 32.2. The number of sulfonamides is 1. The Kier molecular flexibility index (Phi) is 9.89. The molecule has 0 aliphatic heterocycles. The zero-order valence-corrected chi connectivity index (χ0v) is 22.8. The predicted molar refractivity (Wildman–Crippen MR) is 142 cm³/mol. The molecule has 8 heteroatoms. The lowest BCUT2D eigenvalue weighted by Crippen LogP contribution is -2.49. The molecule has 2 aromatic rings. The Bertz CT molecular complexity index is 1120. The van der Waals surface area contributed by atoms with Gasteiger partial charge in [-0.05, 0) is 82.3 Å². The highest BCUT2D eigenvalue weighted by molar-refractivity contribution is 7.92. The van der Waals surface area contributed by atoms with Gasteiger partial charge in [0.2, 0.25) is 21.8 Å². The molecule has 192 valence electrons. The second-order valence-electron chi connectivity index (χ2n) is 9.57. The van der Waals surface area contributed by atoms with Gasteiger partial charge < -0.3 is 10.2 Å². The van der Waals surface area contributed by atoms with Crippen LogP contribution < -0.4 is 9.62 Å². The minimum Gasteiger partial charge on any atom is -0.352 e. The normalized spacial score (nSPS) is 12.3. The van der Waals surface area contributed by atoms with Crippen molar-refractivity contribution in [1.29, 1.82) is 0 Å². The first-order chi connectivity index (χ1) is 16.3. The number of nitrogens with zero attached hydrogens (tertiary/aromatic N) is 2. The summed E-state index contributed by atoms with van der Waals surface area (Å²) >= 11 is 0. The standard InChI is InChI=1S/C27H39N3O4S/c1-19(2)28-27(32)23(6)29(18-24-12-9-8-11-22(24)5)26(31)13-10-14-30(35(7,33)34)25-16-20(3)15-21(4)17-25/h8-9,11-12,15-17,19,23H,10,13-14,18H2,1-7H3,(H,28,32)/t23-/m0/s1. The molecule has 1 atom stereocenters. The molecule has 0 spiro atoms. The number of carbonyl (C=O) groups excluding carboxylic acids is 2. The summed E-state index contributed by atoms with van der Waals surface area (Å²) in [5.41, 5.74) is 4.55. The van der Waals surface area contributed by atoms with Gasteiger partial charge in [-0.2, -0.15) is 0 Å². The average Bonchev–Trinajstić information content (AvgIpc) is 2.73. The molecule has 35 heavy (non-hydrogen) atoms. The van der Waals surface area contributed by atoms with Crippen molar-refractivity contribution in [2.45, 2.75) is 73.0 Å². The van der Waals surface area contributed by atoms with Gasteiger partial charge in [0.15, 0.2) is 0 Å². The minimum absolute atomic E-state index is 0.0403. The van der Waals surface area contributed by atoms with E-state index in [0.29, 0.717) is 18.7 Å². The number of rotatable bonds is 11.